The molecule has 1 aliphatic rings. The molecule has 2 atom stereocenters. The molecule has 0 radical (unpaired) electrons. The summed E-state index contributed by atoms with van der Waals surface area (Å²) >= 11 is 0. The van der Waals surface area contributed by atoms with Gasteiger partial charge in [0.25, 0.3) is 0 Å². The van der Waals surface area contributed by atoms with Crippen LogP contribution in [0.5, 0.6) is 5.75 Å². The monoisotopic (exact) mass is 417 g/mol. The number of nitrogens with zero attached hydrogens (tertiary/aromatic N) is 1. The third-order valence-electron chi connectivity index (χ3n) is 5.40. The Morgan fingerprint density at radius 1 is 1.27 bits per heavy atom. The zero-order chi connectivity index (χ0) is 21.8. The van der Waals surface area contributed by atoms with Crippen molar-refractivity contribution in [3.05, 3.63) is 42.0 Å². The lowest BCUT2D eigenvalue weighted by Gasteiger charge is -2.22. The Kier molecular flexibility index (Phi) is 10.4. The molecule has 30 heavy (non-hydrogen) atoms. The molecule has 0 bridgehead atoms. The minimum absolute atomic E-state index is 0.00940. The van der Waals surface area contributed by atoms with Gasteiger partial charge >= 0.3 is 5.97 Å². The number of aliphatic hydroxyl groups is 1. The van der Waals surface area contributed by atoms with E-state index in [9.17, 15) is 14.7 Å². The highest BCUT2D eigenvalue weighted by Crippen LogP contribution is 2.24. The van der Waals surface area contributed by atoms with E-state index in [1.54, 1.807) is 6.08 Å². The van der Waals surface area contributed by atoms with E-state index in [4.69, 9.17) is 9.84 Å². The molecular formula is C24H35NO5. The van der Waals surface area contributed by atoms with Gasteiger partial charge < -0.3 is 19.8 Å². The Balaban J connectivity index is 1.83. The zero-order valence-corrected chi connectivity index (χ0v) is 18.0. The highest BCUT2D eigenvalue weighted by molar-refractivity contribution is 5.79. The summed E-state index contributed by atoms with van der Waals surface area (Å²) in [5.41, 5.74) is 0.773. The molecular weight excluding hydrogens is 382 g/mol. The Morgan fingerprint density at radius 3 is 2.83 bits per heavy atom. The zero-order valence-electron chi connectivity index (χ0n) is 18.0. The molecule has 1 aromatic rings. The topological polar surface area (TPSA) is 87.1 Å². The minimum atomic E-state index is -0.758. The number of benzene rings is 1. The second-order valence-electron chi connectivity index (χ2n) is 7.86. The lowest BCUT2D eigenvalue weighted by molar-refractivity contribution is -0.137. The fourth-order valence-electron chi connectivity index (χ4n) is 3.63. The first-order valence-electron chi connectivity index (χ1n) is 11.1. The van der Waals surface area contributed by atoms with E-state index < -0.39 is 12.1 Å². The number of likely N-dealkylation sites (tertiary alicyclic amines) is 1. The van der Waals surface area contributed by atoms with Gasteiger partial charge in [-0.15, -0.1) is 0 Å². The fraction of sp³-hybridized carbons (Fsp3) is 0.583. The largest absolute Gasteiger partial charge is 0.494 e. The molecule has 1 aromatic carbocycles. The molecule has 0 aromatic heterocycles. The number of carbonyl (C=O) groups is 2. The van der Waals surface area contributed by atoms with E-state index in [-0.39, 0.29) is 18.4 Å². The molecule has 2 unspecified atom stereocenters. The van der Waals surface area contributed by atoms with Crippen LogP contribution in [0, 0.1) is 0 Å². The Bertz CT molecular complexity index is 703. The maximum absolute atomic E-state index is 12.2. The summed E-state index contributed by atoms with van der Waals surface area (Å²) in [6.45, 7) is 3.46. The van der Waals surface area contributed by atoms with Gasteiger partial charge in [0.05, 0.1) is 18.8 Å². The lowest BCUT2D eigenvalue weighted by atomic mass is 10.1. The highest BCUT2D eigenvalue weighted by atomic mass is 16.5. The number of hydrogen-bond donors (Lipinski definition) is 2. The van der Waals surface area contributed by atoms with Gasteiger partial charge in [0, 0.05) is 19.4 Å². The van der Waals surface area contributed by atoms with Crippen molar-refractivity contribution in [2.24, 2.45) is 0 Å². The number of rotatable bonds is 14. The highest BCUT2D eigenvalue weighted by Gasteiger charge is 2.28. The molecule has 0 aliphatic carbocycles. The normalized spacial score (nSPS) is 17.6. The predicted molar refractivity (Wildman–Crippen MR) is 116 cm³/mol. The van der Waals surface area contributed by atoms with Crippen molar-refractivity contribution in [2.45, 2.75) is 76.9 Å². The van der Waals surface area contributed by atoms with Gasteiger partial charge in [-0.25, -0.2) is 0 Å². The van der Waals surface area contributed by atoms with Gasteiger partial charge in [-0.1, -0.05) is 50.5 Å². The fourth-order valence-corrected chi connectivity index (χ4v) is 3.63. The summed E-state index contributed by atoms with van der Waals surface area (Å²) in [6.07, 6.45) is 9.86. The summed E-state index contributed by atoms with van der Waals surface area (Å²) in [5.74, 6) is 0.150. The first-order valence-corrected chi connectivity index (χ1v) is 11.1. The third-order valence-corrected chi connectivity index (χ3v) is 5.40. The SMILES string of the molecule is CCCCOc1cccc(C(O)C=CC2CCC(=O)N2CCCCCCC(=O)O)c1. The number of hydrogen-bond acceptors (Lipinski definition) is 4. The molecule has 166 valence electrons. The number of aliphatic hydroxyl groups excluding tert-OH is 1. The summed E-state index contributed by atoms with van der Waals surface area (Å²) in [4.78, 5) is 24.6. The van der Waals surface area contributed by atoms with Gasteiger partial charge in [0.2, 0.25) is 5.91 Å². The number of carboxylic acid groups (broad SMARTS) is 1. The molecule has 6 nitrogen and oxygen atoms in total. The van der Waals surface area contributed by atoms with E-state index in [1.165, 1.54) is 0 Å². The molecule has 1 fully saturated rings. The first kappa shape index (κ1) is 23.9. The van der Waals surface area contributed by atoms with Gasteiger partial charge in [-0.05, 0) is 43.4 Å². The average molecular weight is 418 g/mol. The van der Waals surface area contributed by atoms with Crippen LogP contribution in [0.15, 0.2) is 36.4 Å². The van der Waals surface area contributed by atoms with Gasteiger partial charge in [0.1, 0.15) is 5.75 Å². The van der Waals surface area contributed by atoms with Crippen LogP contribution in [0.2, 0.25) is 0 Å². The van der Waals surface area contributed by atoms with Crippen LogP contribution in [0.3, 0.4) is 0 Å². The molecule has 6 heteroatoms. The number of carbonyl (C=O) groups excluding carboxylic acids is 1. The second kappa shape index (κ2) is 13.1. The van der Waals surface area contributed by atoms with E-state index in [0.29, 0.717) is 26.0 Å². The molecule has 1 amide bonds. The Morgan fingerprint density at radius 2 is 2.07 bits per heavy atom. The van der Waals surface area contributed by atoms with Crippen LogP contribution in [-0.4, -0.2) is 46.2 Å². The van der Waals surface area contributed by atoms with Crippen LogP contribution in [0.4, 0.5) is 0 Å². The quantitative estimate of drug-likeness (QED) is 0.344. The van der Waals surface area contributed by atoms with E-state index in [1.807, 2.05) is 35.2 Å². The number of ether oxygens (including phenoxy) is 1. The van der Waals surface area contributed by atoms with Crippen molar-refractivity contribution in [3.63, 3.8) is 0 Å². The van der Waals surface area contributed by atoms with Crippen molar-refractivity contribution in [1.29, 1.82) is 0 Å². The summed E-state index contributed by atoms with van der Waals surface area (Å²) in [7, 11) is 0. The molecule has 1 saturated heterocycles. The van der Waals surface area contributed by atoms with E-state index in [2.05, 4.69) is 6.92 Å². The molecule has 1 aliphatic heterocycles. The van der Waals surface area contributed by atoms with E-state index in [0.717, 1.165) is 49.8 Å². The number of amides is 1. The standard InChI is InChI=1S/C24H35NO5/c1-2-3-17-30-21-10-8-9-19(18-21)22(26)14-12-20-13-15-23(27)25(20)16-7-5-4-6-11-24(28)29/h8-10,12,14,18,20,22,26H,2-7,11,13,15-17H2,1H3,(H,28,29). The summed E-state index contributed by atoms with van der Waals surface area (Å²) < 4.78 is 5.71. The van der Waals surface area contributed by atoms with Crippen LogP contribution in [-0.2, 0) is 9.59 Å². The number of aliphatic carboxylic acids is 1. The van der Waals surface area contributed by atoms with Crippen molar-refractivity contribution in [1.82, 2.24) is 4.90 Å². The van der Waals surface area contributed by atoms with Crippen LogP contribution < -0.4 is 4.74 Å². The summed E-state index contributed by atoms with van der Waals surface area (Å²) in [6, 6.07) is 7.51. The maximum Gasteiger partial charge on any atom is 0.303 e. The first-order chi connectivity index (χ1) is 14.5. The Hall–Kier alpha value is -2.34. The molecule has 2 rings (SSSR count). The molecule has 0 saturated carbocycles. The van der Waals surface area contributed by atoms with Crippen LogP contribution >= 0.6 is 0 Å². The smallest absolute Gasteiger partial charge is 0.303 e. The minimum Gasteiger partial charge on any atom is -0.494 e. The average Bonchev–Trinajstić information content (AvgIpc) is 3.08. The van der Waals surface area contributed by atoms with Gasteiger partial charge in [-0.3, -0.25) is 9.59 Å². The van der Waals surface area contributed by atoms with Gasteiger partial charge in [-0.2, -0.15) is 0 Å². The van der Waals surface area contributed by atoms with Crippen molar-refractivity contribution in [2.75, 3.05) is 13.2 Å². The third kappa shape index (κ3) is 8.19. The van der Waals surface area contributed by atoms with Crippen molar-refractivity contribution < 1.29 is 24.5 Å². The Labute approximate surface area is 179 Å². The maximum atomic E-state index is 12.2. The predicted octanol–water partition coefficient (Wildman–Crippen LogP) is 4.48. The molecule has 1 heterocycles. The van der Waals surface area contributed by atoms with Crippen LogP contribution in [0.1, 0.15) is 76.4 Å². The lowest BCUT2D eigenvalue weighted by Crippen LogP contribution is -2.32. The van der Waals surface area contributed by atoms with Crippen molar-refractivity contribution in [3.8, 4) is 5.75 Å². The molecule has 2 N–H and O–H groups in total. The van der Waals surface area contributed by atoms with E-state index >= 15 is 0 Å². The second-order valence-corrected chi connectivity index (χ2v) is 7.86. The molecule has 0 spiro atoms. The van der Waals surface area contributed by atoms with Crippen LogP contribution in [0.25, 0.3) is 0 Å². The number of carboxylic acids is 1. The number of unbranched alkanes of at least 4 members (excludes halogenated alkanes) is 4. The van der Waals surface area contributed by atoms with Crippen molar-refractivity contribution >= 4 is 11.9 Å². The summed E-state index contributed by atoms with van der Waals surface area (Å²) in [5, 5.41) is 19.2. The van der Waals surface area contributed by atoms with Gasteiger partial charge in [0.15, 0.2) is 0 Å².